The van der Waals surface area contributed by atoms with E-state index in [-0.39, 0.29) is 11.4 Å². The molecule has 154 valence electrons. The number of hydrogen-bond acceptors (Lipinski definition) is 3. The van der Waals surface area contributed by atoms with E-state index in [4.69, 9.17) is 5.73 Å². The Morgan fingerprint density at radius 3 is 2.42 bits per heavy atom. The van der Waals surface area contributed by atoms with E-state index in [2.05, 4.69) is 15.0 Å². The Morgan fingerprint density at radius 1 is 0.903 bits per heavy atom. The van der Waals surface area contributed by atoms with Crippen LogP contribution in [0.4, 0.5) is 8.78 Å². The number of rotatable bonds is 5. The Balaban J connectivity index is 1.73. The van der Waals surface area contributed by atoms with Crippen LogP contribution in [0.2, 0.25) is 0 Å². The van der Waals surface area contributed by atoms with Crippen molar-refractivity contribution in [2.75, 3.05) is 6.54 Å². The van der Waals surface area contributed by atoms with Crippen LogP contribution in [0.3, 0.4) is 0 Å². The van der Waals surface area contributed by atoms with Gasteiger partial charge in [-0.3, -0.25) is 0 Å². The third-order valence-corrected chi connectivity index (χ3v) is 5.23. The molecule has 0 atom stereocenters. The Labute approximate surface area is 177 Å². The molecule has 0 radical (unpaired) electrons. The highest BCUT2D eigenvalue weighted by molar-refractivity contribution is 5.87. The molecule has 7 heteroatoms. The second-order valence-corrected chi connectivity index (χ2v) is 7.20. The van der Waals surface area contributed by atoms with Gasteiger partial charge in [0.05, 0.1) is 34.3 Å². The van der Waals surface area contributed by atoms with Gasteiger partial charge in [-0.1, -0.05) is 42.5 Å². The number of nitrogens with zero attached hydrogens (tertiary/aromatic N) is 3. The number of nitrogens with one attached hydrogen (secondary N) is 1. The van der Waals surface area contributed by atoms with Crippen LogP contribution in [0.5, 0.6) is 0 Å². The second kappa shape index (κ2) is 7.77. The molecule has 5 rings (SSSR count). The zero-order valence-corrected chi connectivity index (χ0v) is 16.5. The van der Waals surface area contributed by atoms with Crippen LogP contribution in [0.15, 0.2) is 73.1 Å². The first-order valence-corrected chi connectivity index (χ1v) is 9.91. The molecule has 0 bridgehead atoms. The fourth-order valence-electron chi connectivity index (χ4n) is 3.76. The molecule has 0 saturated heterocycles. The standard InChI is InChI=1S/C24H19F2N5/c25-17-7-4-8-18(26)21(17)24-29-22(15-5-2-1-3-6-15)23(30-24)16-9-10-19-20(13-16)31(12-11-27)14-28-19/h1-10,13-14H,11-12,27H2,(H,29,30). The summed E-state index contributed by atoms with van der Waals surface area (Å²) < 4.78 is 30.9. The molecule has 5 aromatic rings. The van der Waals surface area contributed by atoms with Gasteiger partial charge in [-0.05, 0) is 24.3 Å². The Morgan fingerprint density at radius 2 is 1.68 bits per heavy atom. The number of aromatic nitrogens is 4. The molecule has 0 aliphatic carbocycles. The maximum atomic E-state index is 14.5. The van der Waals surface area contributed by atoms with E-state index >= 15 is 0 Å². The lowest BCUT2D eigenvalue weighted by atomic mass is 10.0. The summed E-state index contributed by atoms with van der Waals surface area (Å²) in [6.07, 6.45) is 1.75. The number of imidazole rings is 2. The van der Waals surface area contributed by atoms with Gasteiger partial charge in [0.1, 0.15) is 17.5 Å². The van der Waals surface area contributed by atoms with E-state index in [1.807, 2.05) is 53.1 Å². The Hall–Kier alpha value is -3.84. The molecule has 0 fully saturated rings. The first kappa shape index (κ1) is 19.1. The van der Waals surface area contributed by atoms with Gasteiger partial charge in [-0.25, -0.2) is 18.7 Å². The van der Waals surface area contributed by atoms with Crippen molar-refractivity contribution in [1.29, 1.82) is 0 Å². The van der Waals surface area contributed by atoms with E-state index in [0.29, 0.717) is 24.5 Å². The summed E-state index contributed by atoms with van der Waals surface area (Å²) in [5, 5.41) is 0. The fourth-order valence-corrected chi connectivity index (χ4v) is 3.76. The molecule has 0 aliphatic heterocycles. The topological polar surface area (TPSA) is 72.5 Å². The maximum absolute atomic E-state index is 14.5. The van der Waals surface area contributed by atoms with Crippen molar-refractivity contribution in [2.45, 2.75) is 6.54 Å². The average molecular weight is 415 g/mol. The molecule has 0 aliphatic rings. The zero-order chi connectivity index (χ0) is 21.4. The summed E-state index contributed by atoms with van der Waals surface area (Å²) >= 11 is 0. The summed E-state index contributed by atoms with van der Waals surface area (Å²) in [5.41, 5.74) is 10.3. The number of benzene rings is 3. The fraction of sp³-hybridized carbons (Fsp3) is 0.0833. The molecule has 0 unspecified atom stereocenters. The highest BCUT2D eigenvalue weighted by atomic mass is 19.1. The number of halogens is 2. The minimum Gasteiger partial charge on any atom is -0.337 e. The Kier molecular flexibility index (Phi) is 4.80. The summed E-state index contributed by atoms with van der Waals surface area (Å²) in [5.74, 6) is -1.20. The highest BCUT2D eigenvalue weighted by Crippen LogP contribution is 2.35. The number of aromatic amines is 1. The number of H-pyrrole nitrogens is 1. The molecular weight excluding hydrogens is 396 g/mol. The van der Waals surface area contributed by atoms with Crippen molar-refractivity contribution in [3.63, 3.8) is 0 Å². The second-order valence-electron chi connectivity index (χ2n) is 7.20. The van der Waals surface area contributed by atoms with Gasteiger partial charge in [-0.15, -0.1) is 0 Å². The molecular formula is C24H19F2N5. The van der Waals surface area contributed by atoms with Gasteiger partial charge < -0.3 is 15.3 Å². The number of fused-ring (bicyclic) bond motifs is 1. The van der Waals surface area contributed by atoms with Crippen LogP contribution in [-0.4, -0.2) is 26.1 Å². The largest absolute Gasteiger partial charge is 0.337 e. The van der Waals surface area contributed by atoms with Gasteiger partial charge in [0.15, 0.2) is 0 Å². The van der Waals surface area contributed by atoms with Crippen LogP contribution in [-0.2, 0) is 6.54 Å². The van der Waals surface area contributed by atoms with Crippen LogP contribution in [0, 0.1) is 11.6 Å². The van der Waals surface area contributed by atoms with Crippen molar-refractivity contribution in [1.82, 2.24) is 19.5 Å². The van der Waals surface area contributed by atoms with Crippen molar-refractivity contribution < 1.29 is 8.78 Å². The predicted molar refractivity (Wildman–Crippen MR) is 117 cm³/mol. The highest BCUT2D eigenvalue weighted by Gasteiger charge is 2.20. The maximum Gasteiger partial charge on any atom is 0.144 e. The van der Waals surface area contributed by atoms with Crippen LogP contribution in [0.1, 0.15) is 0 Å². The third-order valence-electron chi connectivity index (χ3n) is 5.23. The quantitative estimate of drug-likeness (QED) is 0.424. The Bertz CT molecular complexity index is 1350. The van der Waals surface area contributed by atoms with Crippen molar-refractivity contribution in [2.24, 2.45) is 5.73 Å². The molecule has 5 nitrogen and oxygen atoms in total. The molecule has 3 N–H and O–H groups in total. The monoisotopic (exact) mass is 415 g/mol. The average Bonchev–Trinajstić information content (AvgIpc) is 3.39. The summed E-state index contributed by atoms with van der Waals surface area (Å²) in [6, 6.07) is 19.1. The molecule has 2 heterocycles. The molecule has 0 spiro atoms. The molecule has 3 aromatic carbocycles. The molecule has 31 heavy (non-hydrogen) atoms. The lowest BCUT2D eigenvalue weighted by Crippen LogP contribution is -2.08. The first-order valence-electron chi connectivity index (χ1n) is 9.91. The molecule has 2 aromatic heterocycles. The van der Waals surface area contributed by atoms with Gasteiger partial charge in [-0.2, -0.15) is 0 Å². The summed E-state index contributed by atoms with van der Waals surface area (Å²) in [4.78, 5) is 12.2. The molecule has 0 saturated carbocycles. The van der Waals surface area contributed by atoms with Crippen molar-refractivity contribution >= 4 is 11.0 Å². The van der Waals surface area contributed by atoms with Crippen LogP contribution in [0.25, 0.3) is 44.9 Å². The van der Waals surface area contributed by atoms with Crippen LogP contribution < -0.4 is 5.73 Å². The normalized spacial score (nSPS) is 11.3. The lowest BCUT2D eigenvalue weighted by Gasteiger charge is -2.05. The molecule has 0 amide bonds. The van der Waals surface area contributed by atoms with E-state index in [1.165, 1.54) is 18.2 Å². The first-order chi connectivity index (χ1) is 15.2. The van der Waals surface area contributed by atoms with Gasteiger partial charge in [0.25, 0.3) is 0 Å². The third kappa shape index (κ3) is 3.39. The summed E-state index contributed by atoms with van der Waals surface area (Å²) in [6.45, 7) is 1.13. The summed E-state index contributed by atoms with van der Waals surface area (Å²) in [7, 11) is 0. The van der Waals surface area contributed by atoms with E-state index in [0.717, 1.165) is 22.2 Å². The van der Waals surface area contributed by atoms with Gasteiger partial charge in [0, 0.05) is 24.2 Å². The lowest BCUT2D eigenvalue weighted by molar-refractivity contribution is 0.588. The minimum absolute atomic E-state index is 0.139. The van der Waals surface area contributed by atoms with Gasteiger partial charge in [0.2, 0.25) is 0 Å². The number of hydrogen-bond donors (Lipinski definition) is 2. The van der Waals surface area contributed by atoms with Crippen molar-refractivity contribution in [3.05, 3.63) is 84.7 Å². The SMILES string of the molecule is NCCn1cnc2ccc(-c3nc(-c4c(F)cccc4F)[nH]c3-c3ccccc3)cc21. The smallest absolute Gasteiger partial charge is 0.144 e. The van der Waals surface area contributed by atoms with E-state index in [1.54, 1.807) is 6.33 Å². The van der Waals surface area contributed by atoms with Gasteiger partial charge >= 0.3 is 0 Å². The van der Waals surface area contributed by atoms with E-state index < -0.39 is 11.6 Å². The zero-order valence-electron chi connectivity index (χ0n) is 16.5. The van der Waals surface area contributed by atoms with E-state index in [9.17, 15) is 8.78 Å². The van der Waals surface area contributed by atoms with Crippen LogP contribution >= 0.6 is 0 Å². The minimum atomic E-state index is -0.670. The predicted octanol–water partition coefficient (Wildman–Crippen LogP) is 5.00. The number of nitrogens with two attached hydrogens (primary N) is 1. The van der Waals surface area contributed by atoms with Crippen molar-refractivity contribution in [3.8, 4) is 33.9 Å².